The van der Waals surface area contributed by atoms with Crippen LogP contribution in [0.2, 0.25) is 0 Å². The Morgan fingerprint density at radius 2 is 2.07 bits per heavy atom. The highest BCUT2D eigenvalue weighted by atomic mass is 19.1. The number of anilines is 2. The van der Waals surface area contributed by atoms with Gasteiger partial charge in [-0.3, -0.25) is 0 Å². The van der Waals surface area contributed by atoms with Gasteiger partial charge in [0.25, 0.3) is 6.01 Å². The molecule has 4 heterocycles. The number of aromatic amines is 1. The van der Waals surface area contributed by atoms with Crippen LogP contribution >= 0.6 is 0 Å². The highest BCUT2D eigenvalue weighted by molar-refractivity contribution is 5.86. The maximum Gasteiger partial charge on any atom is 0.298 e. The molecule has 0 unspecified atom stereocenters. The minimum Gasteiger partial charge on any atom is -0.423 e. The van der Waals surface area contributed by atoms with Crippen LogP contribution in [-0.2, 0) is 17.7 Å². The summed E-state index contributed by atoms with van der Waals surface area (Å²) in [5.74, 6) is -0.208. The van der Waals surface area contributed by atoms with Crippen molar-refractivity contribution in [3.63, 3.8) is 0 Å². The van der Waals surface area contributed by atoms with Crippen molar-refractivity contribution >= 4 is 33.7 Å². The number of H-pyrrole nitrogens is 1. The summed E-state index contributed by atoms with van der Waals surface area (Å²) in [6, 6.07) is 11.9. The van der Waals surface area contributed by atoms with Crippen LogP contribution in [0.3, 0.4) is 0 Å². The molecule has 6 rings (SSSR count). The molecular weight excluding hydrogens is 383 g/mol. The molecule has 2 aromatic heterocycles. The molecule has 6 nitrogen and oxygen atoms in total. The van der Waals surface area contributed by atoms with E-state index in [1.807, 2.05) is 12.1 Å². The number of benzene rings is 2. The van der Waals surface area contributed by atoms with Gasteiger partial charge in [-0.05, 0) is 43.3 Å². The molecule has 0 aliphatic carbocycles. The fourth-order valence-electron chi connectivity index (χ4n) is 4.64. The van der Waals surface area contributed by atoms with Gasteiger partial charge in [0.05, 0.1) is 12.7 Å². The highest BCUT2D eigenvalue weighted by Gasteiger charge is 2.24. The van der Waals surface area contributed by atoms with Crippen molar-refractivity contribution in [1.29, 1.82) is 0 Å². The molecule has 30 heavy (non-hydrogen) atoms. The number of oxazole rings is 1. The van der Waals surface area contributed by atoms with Crippen LogP contribution in [-0.4, -0.2) is 42.3 Å². The van der Waals surface area contributed by atoms with Crippen LogP contribution in [0.1, 0.15) is 18.2 Å². The first-order valence-electron chi connectivity index (χ1n) is 10.4. The van der Waals surface area contributed by atoms with Crippen molar-refractivity contribution in [2.24, 2.45) is 0 Å². The highest BCUT2D eigenvalue weighted by Crippen LogP contribution is 2.33. The summed E-state index contributed by atoms with van der Waals surface area (Å²) >= 11 is 0. The molecule has 0 radical (unpaired) electrons. The van der Waals surface area contributed by atoms with Crippen molar-refractivity contribution < 1.29 is 13.5 Å². The lowest BCUT2D eigenvalue weighted by atomic mass is 10.0. The first kappa shape index (κ1) is 17.8. The van der Waals surface area contributed by atoms with Gasteiger partial charge in [0.1, 0.15) is 11.3 Å². The van der Waals surface area contributed by atoms with Crippen LogP contribution < -0.4 is 9.80 Å². The van der Waals surface area contributed by atoms with E-state index in [2.05, 4.69) is 33.8 Å². The van der Waals surface area contributed by atoms with Crippen molar-refractivity contribution in [3.8, 4) is 0 Å². The normalized spacial score (nSPS) is 19.6. The number of fused-ring (bicyclic) bond motifs is 4. The largest absolute Gasteiger partial charge is 0.423 e. The summed E-state index contributed by atoms with van der Waals surface area (Å²) in [6.45, 7) is 6.03. The summed E-state index contributed by atoms with van der Waals surface area (Å²) in [4.78, 5) is 12.6. The van der Waals surface area contributed by atoms with Crippen LogP contribution in [0.25, 0.3) is 22.0 Å². The van der Waals surface area contributed by atoms with E-state index < -0.39 is 0 Å². The lowest BCUT2D eigenvalue weighted by Crippen LogP contribution is -2.41. The van der Waals surface area contributed by atoms with Gasteiger partial charge in [0.2, 0.25) is 0 Å². The molecule has 0 amide bonds. The summed E-state index contributed by atoms with van der Waals surface area (Å²) in [7, 11) is 0. The Bertz CT molecular complexity index is 1250. The molecule has 0 saturated carbocycles. The second-order valence-electron chi connectivity index (χ2n) is 8.22. The van der Waals surface area contributed by atoms with Crippen LogP contribution in [0.15, 0.2) is 40.8 Å². The van der Waals surface area contributed by atoms with Gasteiger partial charge < -0.3 is 23.9 Å². The number of morpholine rings is 1. The third-order valence-electron chi connectivity index (χ3n) is 6.17. The maximum absolute atomic E-state index is 13.6. The van der Waals surface area contributed by atoms with E-state index in [0.29, 0.717) is 12.6 Å². The molecular formula is C23H23FN4O2. The molecule has 0 spiro atoms. The first-order chi connectivity index (χ1) is 14.6. The lowest BCUT2D eigenvalue weighted by Gasteiger charge is -2.29. The van der Waals surface area contributed by atoms with Gasteiger partial charge in [-0.2, -0.15) is 4.98 Å². The summed E-state index contributed by atoms with van der Waals surface area (Å²) in [6.07, 6.45) is 1.08. The first-order valence-corrected chi connectivity index (χ1v) is 10.4. The topological polar surface area (TPSA) is 57.5 Å². The number of nitrogens with zero attached hydrogens (tertiary/aromatic N) is 3. The maximum atomic E-state index is 13.6. The van der Waals surface area contributed by atoms with Crippen molar-refractivity contribution in [1.82, 2.24) is 9.97 Å². The molecule has 2 aliphatic rings. The molecule has 1 fully saturated rings. The van der Waals surface area contributed by atoms with Crippen molar-refractivity contribution in [2.45, 2.75) is 26.0 Å². The Hall–Kier alpha value is -3.06. The lowest BCUT2D eigenvalue weighted by molar-refractivity contribution is 0.0515. The monoisotopic (exact) mass is 406 g/mol. The second kappa shape index (κ2) is 6.74. The molecule has 1 N–H and O–H groups in total. The molecule has 1 atom stereocenters. The number of aromatic nitrogens is 2. The molecule has 154 valence electrons. The van der Waals surface area contributed by atoms with Gasteiger partial charge in [0, 0.05) is 60.4 Å². The number of nitrogens with one attached hydrogen (secondary N) is 1. The van der Waals surface area contributed by atoms with E-state index in [9.17, 15) is 4.39 Å². The number of ether oxygens (including phenoxy) is 1. The zero-order valence-electron chi connectivity index (χ0n) is 16.8. The van der Waals surface area contributed by atoms with Gasteiger partial charge in [-0.25, -0.2) is 4.39 Å². The van der Waals surface area contributed by atoms with Crippen LogP contribution in [0, 0.1) is 5.82 Å². The fourth-order valence-corrected chi connectivity index (χ4v) is 4.64. The third kappa shape index (κ3) is 2.92. The number of hydrogen-bond acceptors (Lipinski definition) is 5. The number of rotatable bonds is 2. The SMILES string of the molecule is C[C@@H]1CN(c2nc3cc(N4CCc5[nH]c6cc(F)ccc6c5C4)ccc3o2)CCO1. The summed E-state index contributed by atoms with van der Waals surface area (Å²) < 4.78 is 25.2. The molecule has 2 aromatic carbocycles. The van der Waals surface area contributed by atoms with E-state index in [1.165, 1.54) is 17.3 Å². The van der Waals surface area contributed by atoms with Gasteiger partial charge in [0.15, 0.2) is 5.58 Å². The Balaban J connectivity index is 1.30. The van der Waals surface area contributed by atoms with E-state index in [-0.39, 0.29) is 11.9 Å². The van der Waals surface area contributed by atoms with Crippen molar-refractivity contribution in [3.05, 3.63) is 53.5 Å². The molecule has 4 aromatic rings. The predicted octanol–water partition coefficient (Wildman–Crippen LogP) is 4.24. The Kier molecular flexibility index (Phi) is 3.99. The molecule has 7 heteroatoms. The number of halogens is 1. The Labute approximate surface area is 173 Å². The number of hydrogen-bond donors (Lipinski definition) is 1. The Morgan fingerprint density at radius 3 is 2.97 bits per heavy atom. The zero-order valence-corrected chi connectivity index (χ0v) is 16.8. The minimum absolute atomic E-state index is 0.177. The molecule has 2 aliphatic heterocycles. The standard InChI is InChI=1S/C23H23FN4O2/c1-14-12-28(8-9-29-14)23-26-21-11-16(3-5-22(21)30-23)27-7-6-19-18(13-27)17-4-2-15(24)10-20(17)25-19/h2-5,10-11,14,25H,6-9,12-13H2,1H3/t14-/m1/s1. The van der Waals surface area contributed by atoms with E-state index in [0.717, 1.165) is 60.3 Å². The zero-order chi connectivity index (χ0) is 20.2. The Morgan fingerprint density at radius 1 is 1.13 bits per heavy atom. The van der Waals surface area contributed by atoms with Crippen LogP contribution in [0.4, 0.5) is 16.1 Å². The quantitative estimate of drug-likeness (QED) is 0.540. The van der Waals surface area contributed by atoms with Gasteiger partial charge in [-0.15, -0.1) is 0 Å². The van der Waals surface area contributed by atoms with Gasteiger partial charge >= 0.3 is 0 Å². The fraction of sp³-hybridized carbons (Fsp3) is 0.348. The molecule has 0 bridgehead atoms. The molecule has 1 saturated heterocycles. The average Bonchev–Trinajstić information content (AvgIpc) is 3.33. The smallest absolute Gasteiger partial charge is 0.298 e. The third-order valence-corrected chi connectivity index (χ3v) is 6.17. The predicted molar refractivity (Wildman–Crippen MR) is 115 cm³/mol. The minimum atomic E-state index is -0.208. The van der Waals surface area contributed by atoms with Crippen LogP contribution in [0.5, 0.6) is 0 Å². The average molecular weight is 406 g/mol. The second-order valence-corrected chi connectivity index (χ2v) is 8.22. The summed E-state index contributed by atoms with van der Waals surface area (Å²) in [5, 5.41) is 1.10. The van der Waals surface area contributed by atoms with Crippen molar-refractivity contribution in [2.75, 3.05) is 36.0 Å². The van der Waals surface area contributed by atoms with E-state index in [4.69, 9.17) is 14.1 Å². The summed E-state index contributed by atoms with van der Waals surface area (Å²) in [5.41, 5.74) is 6.12. The van der Waals surface area contributed by atoms with Gasteiger partial charge in [-0.1, -0.05) is 0 Å². The van der Waals surface area contributed by atoms with E-state index in [1.54, 1.807) is 6.07 Å². The van der Waals surface area contributed by atoms with E-state index >= 15 is 0 Å².